The van der Waals surface area contributed by atoms with Gasteiger partial charge in [0.25, 0.3) is 5.91 Å². The lowest BCUT2D eigenvalue weighted by Gasteiger charge is -2.37. The lowest BCUT2D eigenvalue weighted by atomic mass is 9.83. The SMILES string of the molecule is CCN1CCN(C(=O)c2oc3ccc4c(c3c2C)C(=O)CC2(CCCCCC2)O4)CC1. The van der Waals surface area contributed by atoms with Crippen molar-refractivity contribution in [2.24, 2.45) is 0 Å². The molecule has 1 saturated heterocycles. The number of hydrogen-bond acceptors (Lipinski definition) is 5. The number of carbonyl (C=O) groups is 2. The van der Waals surface area contributed by atoms with Gasteiger partial charge in [-0.15, -0.1) is 0 Å². The van der Waals surface area contributed by atoms with Crippen LogP contribution in [0.15, 0.2) is 16.5 Å². The van der Waals surface area contributed by atoms with Gasteiger partial charge in [-0.2, -0.15) is 0 Å². The summed E-state index contributed by atoms with van der Waals surface area (Å²) in [7, 11) is 0. The number of carbonyl (C=O) groups excluding carboxylic acids is 2. The van der Waals surface area contributed by atoms with Crippen molar-refractivity contribution in [1.82, 2.24) is 9.80 Å². The third-order valence-electron chi connectivity index (χ3n) is 7.46. The number of ether oxygens (including phenoxy) is 1. The van der Waals surface area contributed by atoms with E-state index in [0.29, 0.717) is 42.2 Å². The summed E-state index contributed by atoms with van der Waals surface area (Å²) in [5, 5.41) is 0.751. The van der Waals surface area contributed by atoms with Crippen molar-refractivity contribution in [2.45, 2.75) is 64.4 Å². The molecule has 6 heteroatoms. The van der Waals surface area contributed by atoms with Gasteiger partial charge < -0.3 is 19.0 Å². The van der Waals surface area contributed by atoms with E-state index in [1.807, 2.05) is 24.0 Å². The zero-order chi connectivity index (χ0) is 21.6. The predicted molar refractivity (Wildman–Crippen MR) is 119 cm³/mol. The number of likely N-dealkylation sites (N-methyl/N-ethyl adjacent to an activating group) is 1. The van der Waals surface area contributed by atoms with Gasteiger partial charge in [0.05, 0.1) is 12.0 Å². The van der Waals surface area contributed by atoms with Gasteiger partial charge in [0.15, 0.2) is 11.5 Å². The fraction of sp³-hybridized carbons (Fsp3) is 0.600. The van der Waals surface area contributed by atoms with Crippen LogP contribution in [0.1, 0.15) is 78.3 Å². The molecule has 3 heterocycles. The van der Waals surface area contributed by atoms with Crippen LogP contribution in [0, 0.1) is 6.92 Å². The number of hydrogen-bond donors (Lipinski definition) is 0. The number of piperazine rings is 1. The number of Topliss-reactive ketones (excluding diaryl/α,β-unsaturated/α-hetero) is 1. The van der Waals surface area contributed by atoms with E-state index >= 15 is 0 Å². The van der Waals surface area contributed by atoms with Crippen molar-refractivity contribution in [3.63, 3.8) is 0 Å². The maximum absolute atomic E-state index is 13.4. The zero-order valence-corrected chi connectivity index (χ0v) is 18.7. The summed E-state index contributed by atoms with van der Waals surface area (Å²) in [4.78, 5) is 30.8. The topological polar surface area (TPSA) is 63.0 Å². The molecule has 2 fully saturated rings. The summed E-state index contributed by atoms with van der Waals surface area (Å²) < 4.78 is 12.5. The predicted octanol–water partition coefficient (Wildman–Crippen LogP) is 4.58. The summed E-state index contributed by atoms with van der Waals surface area (Å²) in [6, 6.07) is 3.72. The molecular weight excluding hydrogens is 392 g/mol. The molecule has 0 radical (unpaired) electrons. The van der Waals surface area contributed by atoms with Crippen molar-refractivity contribution in [3.05, 3.63) is 29.0 Å². The highest BCUT2D eigenvalue weighted by Gasteiger charge is 2.42. The van der Waals surface area contributed by atoms with Crippen LogP contribution in [0.2, 0.25) is 0 Å². The number of rotatable bonds is 2. The Morgan fingerprint density at radius 1 is 1.06 bits per heavy atom. The van der Waals surface area contributed by atoms with Crippen LogP contribution in [0.25, 0.3) is 11.0 Å². The lowest BCUT2D eigenvalue weighted by molar-refractivity contribution is 0.0301. The fourth-order valence-electron chi connectivity index (χ4n) is 5.60. The molecule has 0 atom stereocenters. The second-order valence-electron chi connectivity index (χ2n) is 9.39. The molecule has 1 spiro atoms. The Bertz CT molecular complexity index is 1010. The Kier molecular flexibility index (Phi) is 5.29. The highest BCUT2D eigenvalue weighted by Crippen LogP contribution is 2.45. The van der Waals surface area contributed by atoms with Gasteiger partial charge in [0, 0.05) is 37.1 Å². The number of nitrogens with zero attached hydrogens (tertiary/aromatic N) is 2. The van der Waals surface area contributed by atoms with Crippen LogP contribution in [0.4, 0.5) is 0 Å². The second-order valence-corrected chi connectivity index (χ2v) is 9.39. The Morgan fingerprint density at radius 3 is 2.45 bits per heavy atom. The molecule has 1 aliphatic carbocycles. The number of amides is 1. The minimum atomic E-state index is -0.358. The van der Waals surface area contributed by atoms with Gasteiger partial charge in [-0.05, 0) is 51.3 Å². The number of aryl methyl sites for hydroxylation is 1. The van der Waals surface area contributed by atoms with Crippen LogP contribution in [-0.2, 0) is 0 Å². The first-order valence-electron chi connectivity index (χ1n) is 11.8. The molecule has 166 valence electrons. The van der Waals surface area contributed by atoms with Crippen LogP contribution < -0.4 is 4.74 Å². The van der Waals surface area contributed by atoms with Crippen molar-refractivity contribution >= 4 is 22.7 Å². The first-order chi connectivity index (χ1) is 15.0. The Hall–Kier alpha value is -2.34. The van der Waals surface area contributed by atoms with Crippen LogP contribution >= 0.6 is 0 Å². The maximum Gasteiger partial charge on any atom is 0.289 e. The average Bonchev–Trinajstić information content (AvgIpc) is 2.96. The molecule has 0 N–H and O–H groups in total. The van der Waals surface area contributed by atoms with E-state index in [9.17, 15) is 9.59 Å². The molecule has 1 aromatic carbocycles. The van der Waals surface area contributed by atoms with E-state index < -0.39 is 0 Å². The van der Waals surface area contributed by atoms with Crippen LogP contribution in [-0.4, -0.2) is 59.8 Å². The van der Waals surface area contributed by atoms with Gasteiger partial charge in [-0.1, -0.05) is 19.8 Å². The maximum atomic E-state index is 13.4. The highest BCUT2D eigenvalue weighted by molar-refractivity contribution is 6.13. The second kappa shape index (κ2) is 7.97. The standard InChI is InChI=1S/C25H32N2O4/c1-3-26-12-14-27(15-13-26)24(29)23-17(2)21-19(30-23)8-9-20-22(21)18(28)16-25(31-20)10-6-4-5-7-11-25/h8-9H,3-7,10-16H2,1-2H3. The monoisotopic (exact) mass is 424 g/mol. The average molecular weight is 425 g/mol. The molecule has 0 bridgehead atoms. The number of fused-ring (bicyclic) bond motifs is 3. The molecule has 1 aromatic heterocycles. The Balaban J connectivity index is 1.48. The highest BCUT2D eigenvalue weighted by atomic mass is 16.5. The van der Waals surface area contributed by atoms with E-state index in [-0.39, 0.29) is 17.3 Å². The first kappa shape index (κ1) is 20.6. The fourth-order valence-corrected chi connectivity index (χ4v) is 5.60. The number of ketones is 1. The normalized spacial score (nSPS) is 21.7. The zero-order valence-electron chi connectivity index (χ0n) is 18.7. The lowest BCUT2D eigenvalue weighted by Crippen LogP contribution is -2.48. The molecule has 1 amide bonds. The number of benzene rings is 1. The first-order valence-corrected chi connectivity index (χ1v) is 11.8. The molecule has 2 aliphatic heterocycles. The molecule has 6 nitrogen and oxygen atoms in total. The van der Waals surface area contributed by atoms with Crippen molar-refractivity contribution < 1.29 is 18.7 Å². The largest absolute Gasteiger partial charge is 0.486 e. The molecule has 3 aliphatic rings. The van der Waals surface area contributed by atoms with E-state index in [1.165, 1.54) is 12.8 Å². The molecule has 31 heavy (non-hydrogen) atoms. The third-order valence-corrected chi connectivity index (χ3v) is 7.46. The molecule has 1 saturated carbocycles. The Labute approximate surface area is 183 Å². The minimum Gasteiger partial charge on any atom is -0.486 e. The van der Waals surface area contributed by atoms with Gasteiger partial charge in [0.1, 0.15) is 16.9 Å². The summed E-state index contributed by atoms with van der Waals surface area (Å²) >= 11 is 0. The molecule has 5 rings (SSSR count). The van der Waals surface area contributed by atoms with Gasteiger partial charge in [-0.25, -0.2) is 0 Å². The van der Waals surface area contributed by atoms with Crippen molar-refractivity contribution in [2.75, 3.05) is 32.7 Å². The molecular formula is C25H32N2O4. The van der Waals surface area contributed by atoms with Crippen LogP contribution in [0.3, 0.4) is 0 Å². The molecule has 2 aromatic rings. The summed E-state index contributed by atoms with van der Waals surface area (Å²) in [5.74, 6) is 1.05. The van der Waals surface area contributed by atoms with Crippen LogP contribution in [0.5, 0.6) is 5.75 Å². The van der Waals surface area contributed by atoms with Crippen molar-refractivity contribution in [3.8, 4) is 5.75 Å². The minimum absolute atomic E-state index is 0.0809. The van der Waals surface area contributed by atoms with Gasteiger partial charge in [-0.3, -0.25) is 9.59 Å². The van der Waals surface area contributed by atoms with Gasteiger partial charge >= 0.3 is 0 Å². The third kappa shape index (κ3) is 3.55. The Morgan fingerprint density at radius 2 is 1.77 bits per heavy atom. The van der Waals surface area contributed by atoms with E-state index in [4.69, 9.17) is 9.15 Å². The summed E-state index contributed by atoms with van der Waals surface area (Å²) in [6.07, 6.45) is 6.95. The number of furan rings is 1. The quantitative estimate of drug-likeness (QED) is 0.706. The van der Waals surface area contributed by atoms with E-state index in [0.717, 1.165) is 56.3 Å². The summed E-state index contributed by atoms with van der Waals surface area (Å²) in [5.41, 5.74) is 1.59. The smallest absolute Gasteiger partial charge is 0.289 e. The molecule has 0 unspecified atom stereocenters. The van der Waals surface area contributed by atoms with Crippen molar-refractivity contribution in [1.29, 1.82) is 0 Å². The van der Waals surface area contributed by atoms with E-state index in [1.54, 1.807) is 0 Å². The van der Waals surface area contributed by atoms with Gasteiger partial charge in [0.2, 0.25) is 0 Å². The van der Waals surface area contributed by atoms with E-state index in [2.05, 4.69) is 11.8 Å². The summed E-state index contributed by atoms with van der Waals surface area (Å²) in [6.45, 7) is 8.20.